The van der Waals surface area contributed by atoms with Gasteiger partial charge in [-0.25, -0.2) is 17.6 Å². The van der Waals surface area contributed by atoms with Gasteiger partial charge in [0.15, 0.2) is 6.29 Å². The van der Waals surface area contributed by atoms with E-state index in [4.69, 9.17) is 14.2 Å². The highest BCUT2D eigenvalue weighted by Crippen LogP contribution is 2.34. The van der Waals surface area contributed by atoms with Gasteiger partial charge < -0.3 is 14.2 Å². The monoisotopic (exact) mass is 568 g/mol. The molecule has 0 aliphatic carbocycles. The zero-order valence-corrected chi connectivity index (χ0v) is 21.6. The van der Waals surface area contributed by atoms with Crippen LogP contribution in [0.2, 0.25) is 0 Å². The van der Waals surface area contributed by atoms with Crippen LogP contribution in [-0.4, -0.2) is 32.3 Å². The Labute approximate surface area is 227 Å². The summed E-state index contributed by atoms with van der Waals surface area (Å²) in [5.41, 5.74) is -1.55. The molecule has 1 fully saturated rings. The Morgan fingerprint density at radius 2 is 1.60 bits per heavy atom. The van der Waals surface area contributed by atoms with Gasteiger partial charge in [-0.1, -0.05) is 50.7 Å². The lowest BCUT2D eigenvalue weighted by Gasteiger charge is -2.29. The molecule has 1 aliphatic rings. The summed E-state index contributed by atoms with van der Waals surface area (Å²) in [4.78, 5) is 0. The Hall–Kier alpha value is -3.29. The predicted molar refractivity (Wildman–Crippen MR) is 136 cm³/mol. The van der Waals surface area contributed by atoms with Gasteiger partial charge in [0.2, 0.25) is 0 Å². The quantitative estimate of drug-likeness (QED) is 0.148. The Morgan fingerprint density at radius 1 is 0.900 bits per heavy atom. The summed E-state index contributed by atoms with van der Waals surface area (Å²) >= 11 is 0. The second kappa shape index (κ2) is 12.9. The molecule has 0 unspecified atom stereocenters. The number of hydrogen-bond acceptors (Lipinski definition) is 3. The maximum Gasteiger partial charge on any atom is 0.458 e. The summed E-state index contributed by atoms with van der Waals surface area (Å²) in [6.45, 7) is 3.11. The van der Waals surface area contributed by atoms with E-state index in [1.807, 2.05) is 0 Å². The zero-order valence-electron chi connectivity index (χ0n) is 21.6. The first kappa shape index (κ1) is 29.7. The van der Waals surface area contributed by atoms with E-state index in [9.17, 15) is 30.7 Å². The van der Waals surface area contributed by atoms with Crippen molar-refractivity contribution >= 4 is 10.8 Å². The first-order valence-electron chi connectivity index (χ1n) is 12.9. The van der Waals surface area contributed by atoms with Crippen LogP contribution in [-0.2, 0) is 9.47 Å². The molecule has 3 aromatic carbocycles. The van der Waals surface area contributed by atoms with Crippen LogP contribution in [0, 0.1) is 41.0 Å². The van der Waals surface area contributed by atoms with Gasteiger partial charge in [0.05, 0.1) is 24.3 Å². The van der Waals surface area contributed by atoms with Crippen LogP contribution < -0.4 is 4.74 Å². The van der Waals surface area contributed by atoms with Gasteiger partial charge in [0, 0.05) is 29.4 Å². The number of alkyl halides is 3. The van der Waals surface area contributed by atoms with Crippen LogP contribution in [0.25, 0.3) is 21.9 Å². The Bertz CT molecular complexity index is 1380. The highest BCUT2D eigenvalue weighted by Gasteiger charge is 2.25. The number of unbranched alkanes of at least 4 members (excludes halogenated alkanes) is 3. The molecular formula is C30H27F7O3. The SMILES string of the molecule is CCCCCCC1COC(COc2cc(F)c(-c3ccc4c(F)c(C#CC(F)(F)F)c(F)cc4c3)c(F)c2)OC1. The minimum absolute atomic E-state index is 0.0362. The van der Waals surface area contributed by atoms with Crippen molar-refractivity contribution in [1.29, 1.82) is 0 Å². The largest absolute Gasteiger partial charge is 0.488 e. The molecule has 0 bridgehead atoms. The third-order valence-electron chi connectivity index (χ3n) is 6.55. The Morgan fingerprint density at radius 3 is 2.25 bits per heavy atom. The van der Waals surface area contributed by atoms with Gasteiger partial charge in [-0.3, -0.25) is 0 Å². The maximum atomic E-state index is 15.0. The molecule has 0 atom stereocenters. The Kier molecular flexibility index (Phi) is 9.59. The minimum Gasteiger partial charge on any atom is -0.488 e. The van der Waals surface area contributed by atoms with E-state index in [1.54, 1.807) is 0 Å². The average molecular weight is 569 g/mol. The lowest BCUT2D eigenvalue weighted by atomic mass is 9.98. The normalized spacial score (nSPS) is 17.5. The van der Waals surface area contributed by atoms with Crippen LogP contribution in [0.15, 0.2) is 36.4 Å². The lowest BCUT2D eigenvalue weighted by molar-refractivity contribution is -0.212. The van der Waals surface area contributed by atoms with Crippen LogP contribution >= 0.6 is 0 Å². The minimum atomic E-state index is -4.93. The van der Waals surface area contributed by atoms with Crippen molar-refractivity contribution in [2.45, 2.75) is 51.5 Å². The number of benzene rings is 3. The van der Waals surface area contributed by atoms with Gasteiger partial charge in [-0.15, -0.1) is 0 Å². The van der Waals surface area contributed by atoms with E-state index in [0.29, 0.717) is 19.1 Å². The lowest BCUT2D eigenvalue weighted by Crippen LogP contribution is -2.35. The molecule has 214 valence electrons. The van der Waals surface area contributed by atoms with E-state index in [1.165, 1.54) is 24.8 Å². The molecule has 1 saturated heterocycles. The highest BCUT2D eigenvalue weighted by atomic mass is 19.4. The van der Waals surface area contributed by atoms with E-state index in [-0.39, 0.29) is 28.7 Å². The van der Waals surface area contributed by atoms with E-state index in [0.717, 1.165) is 55.5 Å². The molecule has 0 saturated carbocycles. The summed E-state index contributed by atoms with van der Waals surface area (Å²) in [6.07, 6.45) is 0.0304. The summed E-state index contributed by atoms with van der Waals surface area (Å²) in [7, 11) is 0. The number of fused-ring (bicyclic) bond motifs is 1. The molecular weight excluding hydrogens is 541 g/mol. The van der Waals surface area contributed by atoms with Crippen molar-refractivity contribution in [3.63, 3.8) is 0 Å². The van der Waals surface area contributed by atoms with Crippen molar-refractivity contribution in [1.82, 2.24) is 0 Å². The summed E-state index contributed by atoms with van der Waals surface area (Å²) < 4.78 is 113. The van der Waals surface area contributed by atoms with Crippen molar-refractivity contribution < 1.29 is 44.9 Å². The summed E-state index contributed by atoms with van der Waals surface area (Å²) in [6, 6.07) is 6.10. The molecule has 4 rings (SSSR count). The molecule has 0 spiro atoms. The van der Waals surface area contributed by atoms with Crippen molar-refractivity contribution in [3.8, 4) is 28.7 Å². The molecule has 0 amide bonds. The van der Waals surface area contributed by atoms with Crippen molar-refractivity contribution in [2.75, 3.05) is 19.8 Å². The zero-order chi connectivity index (χ0) is 28.9. The van der Waals surface area contributed by atoms with Crippen molar-refractivity contribution in [2.24, 2.45) is 5.92 Å². The molecule has 0 aromatic heterocycles. The third kappa shape index (κ3) is 7.46. The molecule has 0 radical (unpaired) electrons. The standard InChI is InChI=1S/C30H27F7O3/c1-2-3-4-5-6-18-15-39-27(40-16-18)17-38-21-13-25(32)28(26(33)14-21)19-7-8-22-20(11-19)12-24(31)23(29(22)34)9-10-30(35,36)37/h7-8,11-14,18,27H,2-6,15-17H2,1H3. The number of rotatable bonds is 9. The fourth-order valence-electron chi connectivity index (χ4n) is 4.51. The second-order valence-corrected chi connectivity index (χ2v) is 9.62. The maximum absolute atomic E-state index is 15.0. The predicted octanol–water partition coefficient (Wildman–Crippen LogP) is 8.32. The smallest absolute Gasteiger partial charge is 0.458 e. The summed E-state index contributed by atoms with van der Waals surface area (Å²) in [5.74, 6) is -2.13. The fraction of sp³-hybridized carbons (Fsp3) is 0.400. The third-order valence-corrected chi connectivity index (χ3v) is 6.55. The van der Waals surface area contributed by atoms with Crippen molar-refractivity contribution in [3.05, 3.63) is 65.2 Å². The molecule has 1 aliphatic heterocycles. The fourth-order valence-corrected chi connectivity index (χ4v) is 4.51. The number of hydrogen-bond donors (Lipinski definition) is 0. The molecule has 40 heavy (non-hydrogen) atoms. The van der Waals surface area contributed by atoms with Gasteiger partial charge in [0.25, 0.3) is 0 Å². The highest BCUT2D eigenvalue weighted by molar-refractivity contribution is 5.89. The van der Waals surface area contributed by atoms with Crippen LogP contribution in [0.4, 0.5) is 30.7 Å². The van der Waals surface area contributed by atoms with Gasteiger partial charge >= 0.3 is 6.18 Å². The van der Waals surface area contributed by atoms with Crippen LogP contribution in [0.3, 0.4) is 0 Å². The first-order valence-corrected chi connectivity index (χ1v) is 12.9. The van der Waals surface area contributed by atoms with E-state index < -0.39 is 46.9 Å². The van der Waals surface area contributed by atoms with E-state index >= 15 is 0 Å². The molecule has 3 aromatic rings. The first-order chi connectivity index (χ1) is 19.1. The van der Waals surface area contributed by atoms with E-state index in [2.05, 4.69) is 6.92 Å². The molecule has 10 heteroatoms. The molecule has 1 heterocycles. The molecule has 0 N–H and O–H groups in total. The van der Waals surface area contributed by atoms with Gasteiger partial charge in [0.1, 0.15) is 35.6 Å². The summed E-state index contributed by atoms with van der Waals surface area (Å²) in [5, 5.41) is -0.368. The van der Waals surface area contributed by atoms with Gasteiger partial charge in [-0.2, -0.15) is 13.2 Å². The van der Waals surface area contributed by atoms with Gasteiger partial charge in [-0.05, 0) is 29.5 Å². The molecule has 3 nitrogen and oxygen atoms in total. The van der Waals surface area contributed by atoms with Crippen LogP contribution in [0.1, 0.15) is 44.6 Å². The second-order valence-electron chi connectivity index (χ2n) is 9.62. The topological polar surface area (TPSA) is 27.7 Å². The average Bonchev–Trinajstić information content (AvgIpc) is 2.89. The number of halogens is 7. The van der Waals surface area contributed by atoms with Crippen LogP contribution in [0.5, 0.6) is 5.75 Å². The Balaban J connectivity index is 1.44. The number of ether oxygens (including phenoxy) is 3.